The number of aromatic nitrogens is 2. The van der Waals surface area contributed by atoms with Crippen LogP contribution in [0.25, 0.3) is 0 Å². The lowest BCUT2D eigenvalue weighted by Crippen LogP contribution is -1.99. The van der Waals surface area contributed by atoms with Crippen molar-refractivity contribution in [2.45, 2.75) is 6.92 Å². The number of aryl methyl sites for hydroxylation is 1. The van der Waals surface area contributed by atoms with Gasteiger partial charge in [0, 0.05) is 21.9 Å². The fourth-order valence-electron chi connectivity index (χ4n) is 2.21. The molecule has 0 bridgehead atoms. The maximum Gasteiger partial charge on any atom is 0.135 e. The third kappa shape index (κ3) is 3.89. The van der Waals surface area contributed by atoms with Gasteiger partial charge in [0.1, 0.15) is 18.0 Å². The van der Waals surface area contributed by atoms with Gasteiger partial charge < -0.3 is 10.6 Å². The number of rotatable bonds is 4. The molecule has 0 aliphatic carbocycles. The van der Waals surface area contributed by atoms with Gasteiger partial charge >= 0.3 is 0 Å². The van der Waals surface area contributed by atoms with E-state index in [4.69, 9.17) is 5.26 Å². The molecule has 118 valence electrons. The molecule has 6 heteroatoms. The van der Waals surface area contributed by atoms with Crippen molar-refractivity contribution in [1.29, 1.82) is 5.26 Å². The molecule has 0 radical (unpaired) electrons. The van der Waals surface area contributed by atoms with Crippen molar-refractivity contribution in [3.8, 4) is 6.07 Å². The largest absolute Gasteiger partial charge is 0.340 e. The quantitative estimate of drug-likeness (QED) is 0.673. The number of nitriles is 1. The molecule has 0 unspecified atom stereocenters. The van der Waals surface area contributed by atoms with E-state index in [2.05, 4.69) is 42.6 Å². The van der Waals surface area contributed by atoms with Crippen molar-refractivity contribution in [3.05, 3.63) is 70.5 Å². The van der Waals surface area contributed by atoms with Crippen LogP contribution in [0.2, 0.25) is 0 Å². The van der Waals surface area contributed by atoms with Crippen LogP contribution in [-0.2, 0) is 0 Å². The Morgan fingerprint density at radius 2 is 1.79 bits per heavy atom. The molecule has 5 nitrogen and oxygen atoms in total. The van der Waals surface area contributed by atoms with Crippen LogP contribution in [0.3, 0.4) is 0 Å². The lowest BCUT2D eigenvalue weighted by molar-refractivity contribution is 1.16. The van der Waals surface area contributed by atoms with Gasteiger partial charge in [0.2, 0.25) is 0 Å². The van der Waals surface area contributed by atoms with E-state index in [-0.39, 0.29) is 0 Å². The first kappa shape index (κ1) is 16.0. The second kappa shape index (κ2) is 7.11. The monoisotopic (exact) mass is 379 g/mol. The van der Waals surface area contributed by atoms with Gasteiger partial charge in [0.15, 0.2) is 0 Å². The molecule has 3 rings (SSSR count). The first-order valence-corrected chi connectivity index (χ1v) is 8.06. The smallest absolute Gasteiger partial charge is 0.135 e. The molecule has 3 aromatic rings. The highest BCUT2D eigenvalue weighted by Gasteiger charge is 2.04. The SMILES string of the molecule is Cc1cc(Br)ccc1Nc1cc(Nc2cccc(C#N)c2)ncn1. The van der Waals surface area contributed by atoms with E-state index in [1.54, 1.807) is 12.1 Å². The predicted molar refractivity (Wildman–Crippen MR) is 98.6 cm³/mol. The standard InChI is InChI=1S/C18H14BrN5/c1-12-7-14(19)5-6-16(12)24-18-9-17(21-11-22-18)23-15-4-2-3-13(8-15)10-20/h2-9,11H,1H3,(H2,21,22,23,24). The Hall–Kier alpha value is -2.91. The van der Waals surface area contributed by atoms with E-state index in [1.807, 2.05) is 43.3 Å². The van der Waals surface area contributed by atoms with Crippen LogP contribution >= 0.6 is 15.9 Å². The van der Waals surface area contributed by atoms with Crippen LogP contribution in [0.4, 0.5) is 23.0 Å². The normalized spacial score (nSPS) is 10.0. The van der Waals surface area contributed by atoms with Gasteiger partial charge in [-0.1, -0.05) is 22.0 Å². The van der Waals surface area contributed by atoms with Gasteiger partial charge in [-0.2, -0.15) is 5.26 Å². The average molecular weight is 380 g/mol. The van der Waals surface area contributed by atoms with Gasteiger partial charge in [-0.25, -0.2) is 9.97 Å². The Bertz CT molecular complexity index is 917. The number of benzene rings is 2. The van der Waals surface area contributed by atoms with Gasteiger partial charge in [-0.3, -0.25) is 0 Å². The molecule has 2 N–H and O–H groups in total. The Morgan fingerprint density at radius 3 is 2.54 bits per heavy atom. The molecule has 0 amide bonds. The fourth-order valence-corrected chi connectivity index (χ4v) is 2.69. The van der Waals surface area contributed by atoms with Gasteiger partial charge in [0.05, 0.1) is 11.6 Å². The minimum Gasteiger partial charge on any atom is -0.340 e. The Kier molecular flexibility index (Phi) is 4.73. The highest BCUT2D eigenvalue weighted by atomic mass is 79.9. The van der Waals surface area contributed by atoms with Crippen LogP contribution in [-0.4, -0.2) is 9.97 Å². The summed E-state index contributed by atoms with van der Waals surface area (Å²) < 4.78 is 1.04. The highest BCUT2D eigenvalue weighted by molar-refractivity contribution is 9.10. The third-order valence-electron chi connectivity index (χ3n) is 3.38. The number of hydrogen-bond donors (Lipinski definition) is 2. The molecule has 0 atom stereocenters. The number of anilines is 4. The summed E-state index contributed by atoms with van der Waals surface area (Å²) in [7, 11) is 0. The van der Waals surface area contributed by atoms with E-state index in [0.29, 0.717) is 17.2 Å². The van der Waals surface area contributed by atoms with E-state index in [9.17, 15) is 0 Å². The van der Waals surface area contributed by atoms with Crippen LogP contribution < -0.4 is 10.6 Å². The molecule has 24 heavy (non-hydrogen) atoms. The molecule has 1 aromatic heterocycles. The highest BCUT2D eigenvalue weighted by Crippen LogP contribution is 2.24. The second-order valence-electron chi connectivity index (χ2n) is 5.19. The van der Waals surface area contributed by atoms with E-state index >= 15 is 0 Å². The van der Waals surface area contributed by atoms with E-state index in [0.717, 1.165) is 21.4 Å². The summed E-state index contributed by atoms with van der Waals surface area (Å²) >= 11 is 3.46. The third-order valence-corrected chi connectivity index (χ3v) is 3.88. The minimum atomic E-state index is 0.595. The van der Waals surface area contributed by atoms with Crippen LogP contribution in [0, 0.1) is 18.3 Å². The zero-order valence-corrected chi connectivity index (χ0v) is 14.5. The summed E-state index contributed by atoms with van der Waals surface area (Å²) in [5.41, 5.74) is 3.49. The van der Waals surface area contributed by atoms with Crippen LogP contribution in [0.1, 0.15) is 11.1 Å². The maximum atomic E-state index is 8.97. The van der Waals surface area contributed by atoms with Crippen LogP contribution in [0.5, 0.6) is 0 Å². The number of halogens is 1. The summed E-state index contributed by atoms with van der Waals surface area (Å²) in [5.74, 6) is 1.34. The van der Waals surface area contributed by atoms with Crippen molar-refractivity contribution in [3.63, 3.8) is 0 Å². The average Bonchev–Trinajstić information content (AvgIpc) is 2.58. The lowest BCUT2D eigenvalue weighted by atomic mass is 10.2. The van der Waals surface area contributed by atoms with Crippen molar-refractivity contribution in [2.75, 3.05) is 10.6 Å². The first-order chi connectivity index (χ1) is 11.6. The maximum absolute atomic E-state index is 8.97. The van der Waals surface area contributed by atoms with Gasteiger partial charge in [0.25, 0.3) is 0 Å². The molecular weight excluding hydrogens is 366 g/mol. The first-order valence-electron chi connectivity index (χ1n) is 7.26. The molecule has 0 aliphatic rings. The topological polar surface area (TPSA) is 73.6 Å². The molecule has 0 saturated carbocycles. The predicted octanol–water partition coefficient (Wildman–Crippen LogP) is 4.91. The number of hydrogen-bond acceptors (Lipinski definition) is 5. The van der Waals surface area contributed by atoms with Crippen molar-refractivity contribution in [1.82, 2.24) is 9.97 Å². The van der Waals surface area contributed by atoms with Crippen molar-refractivity contribution >= 4 is 38.9 Å². The van der Waals surface area contributed by atoms with Crippen molar-refractivity contribution in [2.24, 2.45) is 0 Å². The summed E-state index contributed by atoms with van der Waals surface area (Å²) in [5, 5.41) is 15.4. The fraction of sp³-hybridized carbons (Fsp3) is 0.0556. The lowest BCUT2D eigenvalue weighted by Gasteiger charge is -2.11. The molecule has 0 spiro atoms. The van der Waals surface area contributed by atoms with Crippen LogP contribution in [0.15, 0.2) is 59.3 Å². The molecular formula is C18H14BrN5. The molecule has 1 heterocycles. The Labute approximate surface area is 148 Å². The van der Waals surface area contributed by atoms with Crippen molar-refractivity contribution < 1.29 is 0 Å². The Morgan fingerprint density at radius 1 is 1.00 bits per heavy atom. The zero-order valence-electron chi connectivity index (χ0n) is 12.9. The van der Waals surface area contributed by atoms with Gasteiger partial charge in [-0.05, 0) is 48.9 Å². The Balaban J connectivity index is 1.80. The number of nitrogens with one attached hydrogen (secondary N) is 2. The summed E-state index contributed by atoms with van der Waals surface area (Å²) in [6.07, 6.45) is 1.49. The molecule has 0 fully saturated rings. The van der Waals surface area contributed by atoms with Gasteiger partial charge in [-0.15, -0.1) is 0 Å². The second-order valence-corrected chi connectivity index (χ2v) is 6.11. The van der Waals surface area contributed by atoms with E-state index in [1.165, 1.54) is 6.33 Å². The zero-order chi connectivity index (χ0) is 16.9. The summed E-state index contributed by atoms with van der Waals surface area (Å²) in [4.78, 5) is 8.46. The minimum absolute atomic E-state index is 0.595. The molecule has 2 aromatic carbocycles. The molecule has 0 saturated heterocycles. The summed E-state index contributed by atoms with van der Waals surface area (Å²) in [6.45, 7) is 2.03. The van der Waals surface area contributed by atoms with E-state index < -0.39 is 0 Å². The number of nitrogens with zero attached hydrogens (tertiary/aromatic N) is 3. The molecule has 0 aliphatic heterocycles. The summed E-state index contributed by atoms with van der Waals surface area (Å²) in [6, 6.07) is 17.2.